The Bertz CT molecular complexity index is 694. The first-order valence-electron chi connectivity index (χ1n) is 6.05. The highest BCUT2D eigenvalue weighted by molar-refractivity contribution is 6.45. The van der Waals surface area contributed by atoms with Gasteiger partial charge in [-0.05, 0) is 0 Å². The summed E-state index contributed by atoms with van der Waals surface area (Å²) in [4.78, 5) is 7.88. The van der Waals surface area contributed by atoms with E-state index in [1.54, 1.807) is 0 Å². The average molecular weight is 335 g/mol. The van der Waals surface area contributed by atoms with Gasteiger partial charge in [0.2, 0.25) is 0 Å². The Labute approximate surface area is 128 Å². The lowest BCUT2D eigenvalue weighted by Crippen LogP contribution is -2.33. The number of halogens is 2. The zero-order valence-electron chi connectivity index (χ0n) is 10.5. The number of hydrogen-bond donors (Lipinski definition) is 4. The van der Waals surface area contributed by atoms with E-state index in [0.717, 1.165) is 0 Å². The summed E-state index contributed by atoms with van der Waals surface area (Å²) in [5.74, 6) is 0.136. The van der Waals surface area contributed by atoms with E-state index in [2.05, 4.69) is 9.97 Å². The van der Waals surface area contributed by atoms with Gasteiger partial charge < -0.3 is 25.8 Å². The molecule has 3 heterocycles. The topological polar surface area (TPSA) is 127 Å². The van der Waals surface area contributed by atoms with Crippen LogP contribution in [0.25, 0.3) is 11.0 Å². The fourth-order valence-electron chi connectivity index (χ4n) is 2.41. The van der Waals surface area contributed by atoms with Gasteiger partial charge in [0, 0.05) is 0 Å². The third-order valence-electron chi connectivity index (χ3n) is 3.47. The first kappa shape index (κ1) is 14.8. The Hall–Kier alpha value is -1.16. The van der Waals surface area contributed by atoms with Crippen LogP contribution in [0.2, 0.25) is 10.2 Å². The van der Waals surface area contributed by atoms with Crippen molar-refractivity contribution < 1.29 is 20.1 Å². The first-order chi connectivity index (χ1) is 9.97. The number of aliphatic hydroxyl groups is 3. The third kappa shape index (κ3) is 2.07. The lowest BCUT2D eigenvalue weighted by atomic mass is 10.1. The molecule has 2 aromatic rings. The van der Waals surface area contributed by atoms with Crippen LogP contribution >= 0.6 is 23.2 Å². The lowest BCUT2D eigenvalue weighted by molar-refractivity contribution is -0.0507. The Morgan fingerprint density at radius 2 is 2.00 bits per heavy atom. The molecule has 0 radical (unpaired) electrons. The molecule has 114 valence electrons. The summed E-state index contributed by atoms with van der Waals surface area (Å²) in [7, 11) is 0. The van der Waals surface area contributed by atoms with Crippen molar-refractivity contribution in [3.05, 3.63) is 16.5 Å². The Morgan fingerprint density at radius 1 is 1.29 bits per heavy atom. The molecule has 10 heteroatoms. The summed E-state index contributed by atoms with van der Waals surface area (Å²) in [6.07, 6.45) is -3.32. The van der Waals surface area contributed by atoms with Crippen LogP contribution in [-0.2, 0) is 4.74 Å². The van der Waals surface area contributed by atoms with Crippen LogP contribution in [0.4, 0.5) is 5.82 Å². The molecule has 1 fully saturated rings. The molecule has 0 amide bonds. The molecule has 1 aliphatic rings. The minimum Gasteiger partial charge on any atom is -0.394 e. The van der Waals surface area contributed by atoms with Gasteiger partial charge in [0.15, 0.2) is 6.23 Å². The molecule has 4 atom stereocenters. The number of aromatic nitrogens is 3. The van der Waals surface area contributed by atoms with Crippen LogP contribution in [-0.4, -0.2) is 54.8 Å². The highest BCUT2D eigenvalue weighted by atomic mass is 35.5. The summed E-state index contributed by atoms with van der Waals surface area (Å²) in [6, 6.07) is 0. The number of hydrogen-bond acceptors (Lipinski definition) is 7. The molecule has 0 spiro atoms. The predicted octanol–water partition coefficient (Wildman–Crippen LogP) is -0.0682. The molecule has 0 aromatic carbocycles. The Morgan fingerprint density at radius 3 is 2.62 bits per heavy atom. The van der Waals surface area contributed by atoms with E-state index in [1.165, 1.54) is 10.9 Å². The minimum atomic E-state index is -1.30. The summed E-state index contributed by atoms with van der Waals surface area (Å²) >= 11 is 12.3. The van der Waals surface area contributed by atoms with E-state index < -0.39 is 31.1 Å². The standard InChI is InChI=1S/C11H12Cl2N4O4/c12-5-4-9(14)15-2-16-10(4)17(8(5)13)11-7(20)6(19)3(1-18)21-11/h2-3,6-7,11,18-20H,1H2,(H2,14,15,16)/t3-,6-,7-,11?/m1/s1. The fraction of sp³-hybridized carbons (Fsp3) is 0.455. The molecule has 21 heavy (non-hydrogen) atoms. The van der Waals surface area contributed by atoms with Gasteiger partial charge in [0.05, 0.1) is 17.0 Å². The van der Waals surface area contributed by atoms with Crippen LogP contribution < -0.4 is 5.73 Å². The Kier molecular flexibility index (Phi) is 3.68. The zero-order valence-corrected chi connectivity index (χ0v) is 12.0. The SMILES string of the molecule is Nc1ncnc2c1c(Cl)c(Cl)n2C1O[C@H](CO)[C@@H](O)[C@H]1O. The quantitative estimate of drug-likeness (QED) is 0.605. The second-order valence-corrected chi connectivity index (χ2v) is 5.40. The van der Waals surface area contributed by atoms with E-state index in [9.17, 15) is 10.2 Å². The summed E-state index contributed by atoms with van der Waals surface area (Å²) in [5.41, 5.74) is 6.02. The lowest BCUT2D eigenvalue weighted by Gasteiger charge is -2.18. The van der Waals surface area contributed by atoms with E-state index in [0.29, 0.717) is 5.39 Å². The maximum Gasteiger partial charge on any atom is 0.165 e. The largest absolute Gasteiger partial charge is 0.394 e. The van der Waals surface area contributed by atoms with Gasteiger partial charge in [-0.2, -0.15) is 0 Å². The minimum absolute atomic E-state index is 0.0497. The molecule has 2 aromatic heterocycles. The number of nitrogens with two attached hydrogens (primary N) is 1. The maximum absolute atomic E-state index is 10.1. The monoisotopic (exact) mass is 334 g/mol. The normalized spacial score (nSPS) is 29.4. The van der Waals surface area contributed by atoms with Crippen molar-refractivity contribution in [3.8, 4) is 0 Å². The van der Waals surface area contributed by atoms with Gasteiger partial charge >= 0.3 is 0 Å². The number of fused-ring (bicyclic) bond motifs is 1. The molecule has 0 saturated carbocycles. The molecular weight excluding hydrogens is 323 g/mol. The molecule has 5 N–H and O–H groups in total. The molecular formula is C11H12Cl2N4O4. The van der Waals surface area contributed by atoms with Gasteiger partial charge in [-0.25, -0.2) is 9.97 Å². The first-order valence-corrected chi connectivity index (χ1v) is 6.80. The number of rotatable bonds is 2. The van der Waals surface area contributed by atoms with Gasteiger partial charge in [-0.15, -0.1) is 0 Å². The van der Waals surface area contributed by atoms with Crippen LogP contribution in [0.3, 0.4) is 0 Å². The fourth-order valence-corrected chi connectivity index (χ4v) is 2.95. The average Bonchev–Trinajstić information content (AvgIpc) is 2.88. The molecule has 1 unspecified atom stereocenters. The van der Waals surface area contributed by atoms with E-state index in [1.807, 2.05) is 0 Å². The molecule has 1 aliphatic heterocycles. The van der Waals surface area contributed by atoms with Crippen LogP contribution in [0.5, 0.6) is 0 Å². The van der Waals surface area contributed by atoms with E-state index >= 15 is 0 Å². The number of ether oxygens (including phenoxy) is 1. The van der Waals surface area contributed by atoms with Gasteiger partial charge in [0.1, 0.15) is 41.3 Å². The van der Waals surface area contributed by atoms with Crippen LogP contribution in [0.15, 0.2) is 6.33 Å². The van der Waals surface area contributed by atoms with Gasteiger partial charge in [-0.1, -0.05) is 23.2 Å². The van der Waals surface area contributed by atoms with Crippen molar-refractivity contribution in [1.82, 2.24) is 14.5 Å². The van der Waals surface area contributed by atoms with Crippen molar-refractivity contribution in [3.63, 3.8) is 0 Å². The second kappa shape index (κ2) is 5.24. The number of nitrogen functional groups attached to an aromatic ring is 1. The second-order valence-electron chi connectivity index (χ2n) is 4.66. The van der Waals surface area contributed by atoms with Gasteiger partial charge in [-0.3, -0.25) is 4.57 Å². The highest BCUT2D eigenvalue weighted by Crippen LogP contribution is 2.41. The third-order valence-corrected chi connectivity index (χ3v) is 4.30. The zero-order chi connectivity index (χ0) is 15.3. The van der Waals surface area contributed by atoms with Crippen molar-refractivity contribution in [2.45, 2.75) is 24.5 Å². The molecule has 1 saturated heterocycles. The summed E-state index contributed by atoms with van der Waals surface area (Å²) in [5, 5.41) is 29.6. The van der Waals surface area contributed by atoms with Crippen LogP contribution in [0.1, 0.15) is 6.23 Å². The summed E-state index contributed by atoms with van der Waals surface area (Å²) in [6.45, 7) is -0.448. The van der Waals surface area contributed by atoms with E-state index in [-0.39, 0.29) is 21.6 Å². The number of aliphatic hydroxyl groups excluding tert-OH is 3. The van der Waals surface area contributed by atoms with Crippen molar-refractivity contribution in [2.24, 2.45) is 0 Å². The van der Waals surface area contributed by atoms with Crippen molar-refractivity contribution in [1.29, 1.82) is 0 Å². The Balaban J connectivity index is 2.18. The summed E-state index contributed by atoms with van der Waals surface area (Å²) < 4.78 is 6.75. The molecule has 0 aliphatic carbocycles. The van der Waals surface area contributed by atoms with E-state index in [4.69, 9.17) is 38.8 Å². The van der Waals surface area contributed by atoms with Gasteiger partial charge in [0.25, 0.3) is 0 Å². The molecule has 8 nitrogen and oxygen atoms in total. The maximum atomic E-state index is 10.1. The van der Waals surface area contributed by atoms with Crippen molar-refractivity contribution in [2.75, 3.05) is 12.3 Å². The number of nitrogens with zero attached hydrogens (tertiary/aromatic N) is 3. The molecule has 0 bridgehead atoms. The highest BCUT2D eigenvalue weighted by Gasteiger charge is 2.45. The predicted molar refractivity (Wildman–Crippen MR) is 75.0 cm³/mol. The van der Waals surface area contributed by atoms with Crippen LogP contribution in [0, 0.1) is 0 Å². The van der Waals surface area contributed by atoms with Crippen molar-refractivity contribution >= 4 is 40.1 Å². The number of anilines is 1. The smallest absolute Gasteiger partial charge is 0.165 e. The molecule has 3 rings (SSSR count).